The maximum atomic E-state index is 12.1. The summed E-state index contributed by atoms with van der Waals surface area (Å²) in [4.78, 5) is 14.9. The SMILES string of the molecule is CN(Cc1ccc(C#CCO)cc1)C(=O)Cc1cccs1. The summed E-state index contributed by atoms with van der Waals surface area (Å²) in [6, 6.07) is 11.6. The molecule has 1 N–H and O–H groups in total. The first-order valence-corrected chi connectivity index (χ1v) is 7.52. The monoisotopic (exact) mass is 299 g/mol. The zero-order chi connectivity index (χ0) is 15.1. The van der Waals surface area contributed by atoms with Gasteiger partial charge < -0.3 is 10.0 Å². The minimum atomic E-state index is -0.137. The molecule has 0 atom stereocenters. The van der Waals surface area contributed by atoms with Crippen LogP contribution in [0, 0.1) is 11.8 Å². The Bertz CT molecular complexity index is 636. The van der Waals surface area contributed by atoms with E-state index in [1.807, 2.05) is 48.8 Å². The second-order valence-electron chi connectivity index (χ2n) is 4.66. The van der Waals surface area contributed by atoms with E-state index in [0.717, 1.165) is 16.0 Å². The zero-order valence-corrected chi connectivity index (χ0v) is 12.7. The largest absolute Gasteiger partial charge is 0.384 e. The van der Waals surface area contributed by atoms with E-state index in [1.54, 1.807) is 16.2 Å². The molecule has 1 amide bonds. The minimum absolute atomic E-state index is 0.113. The average molecular weight is 299 g/mol. The molecule has 2 aromatic rings. The Hall–Kier alpha value is -2.09. The van der Waals surface area contributed by atoms with Crippen molar-refractivity contribution < 1.29 is 9.90 Å². The number of likely N-dealkylation sites (N-methyl/N-ethyl adjacent to an activating group) is 1. The molecule has 1 heterocycles. The molecule has 0 spiro atoms. The van der Waals surface area contributed by atoms with Crippen LogP contribution in [0.3, 0.4) is 0 Å². The normalized spacial score (nSPS) is 9.81. The summed E-state index contributed by atoms with van der Waals surface area (Å²) in [5.41, 5.74) is 1.92. The van der Waals surface area contributed by atoms with Gasteiger partial charge in [0.05, 0.1) is 6.42 Å². The molecular formula is C17H17NO2S. The van der Waals surface area contributed by atoms with Crippen LogP contribution in [0.15, 0.2) is 41.8 Å². The Balaban J connectivity index is 1.92. The number of benzene rings is 1. The molecule has 0 aliphatic heterocycles. The van der Waals surface area contributed by atoms with Crippen LogP contribution in [0.5, 0.6) is 0 Å². The number of rotatable bonds is 4. The third kappa shape index (κ3) is 4.75. The number of hydrogen-bond donors (Lipinski definition) is 1. The summed E-state index contributed by atoms with van der Waals surface area (Å²) in [5, 5.41) is 10.6. The van der Waals surface area contributed by atoms with Gasteiger partial charge in [0.2, 0.25) is 5.91 Å². The molecule has 0 bridgehead atoms. The van der Waals surface area contributed by atoms with E-state index in [1.165, 1.54) is 0 Å². The van der Waals surface area contributed by atoms with Crippen LogP contribution >= 0.6 is 11.3 Å². The molecule has 0 aliphatic rings. The van der Waals surface area contributed by atoms with Gasteiger partial charge in [-0.25, -0.2) is 0 Å². The lowest BCUT2D eigenvalue weighted by Gasteiger charge is -2.17. The summed E-state index contributed by atoms with van der Waals surface area (Å²) in [6.07, 6.45) is 0.453. The number of carbonyl (C=O) groups excluding carboxylic acids is 1. The summed E-state index contributed by atoms with van der Waals surface area (Å²) < 4.78 is 0. The molecule has 0 saturated carbocycles. The number of thiophene rings is 1. The first kappa shape index (κ1) is 15.3. The van der Waals surface area contributed by atoms with Crippen LogP contribution in [0.1, 0.15) is 16.0 Å². The molecule has 0 fully saturated rings. The Kier molecular flexibility index (Phi) is 5.56. The summed E-state index contributed by atoms with van der Waals surface area (Å²) in [5.74, 6) is 5.57. The molecular weight excluding hydrogens is 282 g/mol. The molecule has 108 valence electrons. The van der Waals surface area contributed by atoms with Crippen molar-refractivity contribution in [2.24, 2.45) is 0 Å². The van der Waals surface area contributed by atoms with Gasteiger partial charge in [0.1, 0.15) is 6.61 Å². The van der Waals surface area contributed by atoms with Gasteiger partial charge in [0.25, 0.3) is 0 Å². The zero-order valence-electron chi connectivity index (χ0n) is 11.9. The van der Waals surface area contributed by atoms with Gasteiger partial charge in [-0.3, -0.25) is 4.79 Å². The quantitative estimate of drug-likeness (QED) is 0.880. The third-order valence-electron chi connectivity index (χ3n) is 3.02. The fraction of sp³-hybridized carbons (Fsp3) is 0.235. The van der Waals surface area contributed by atoms with Crippen LogP contribution in [-0.2, 0) is 17.8 Å². The number of carbonyl (C=O) groups is 1. The molecule has 1 aromatic carbocycles. The van der Waals surface area contributed by atoms with Crippen LogP contribution in [0.25, 0.3) is 0 Å². The Morgan fingerprint density at radius 3 is 2.67 bits per heavy atom. The molecule has 0 aliphatic carbocycles. The van der Waals surface area contributed by atoms with E-state index in [4.69, 9.17) is 5.11 Å². The van der Waals surface area contributed by atoms with Crippen LogP contribution < -0.4 is 0 Å². The first-order valence-electron chi connectivity index (χ1n) is 6.64. The predicted molar refractivity (Wildman–Crippen MR) is 84.9 cm³/mol. The smallest absolute Gasteiger partial charge is 0.227 e. The van der Waals surface area contributed by atoms with Crippen molar-refractivity contribution in [2.75, 3.05) is 13.7 Å². The molecule has 0 radical (unpaired) electrons. The fourth-order valence-corrected chi connectivity index (χ4v) is 2.59. The highest BCUT2D eigenvalue weighted by Gasteiger charge is 2.10. The van der Waals surface area contributed by atoms with E-state index in [9.17, 15) is 4.79 Å². The highest BCUT2D eigenvalue weighted by atomic mass is 32.1. The second-order valence-corrected chi connectivity index (χ2v) is 5.70. The molecule has 3 nitrogen and oxygen atoms in total. The fourth-order valence-electron chi connectivity index (χ4n) is 1.89. The van der Waals surface area contributed by atoms with Gasteiger partial charge >= 0.3 is 0 Å². The van der Waals surface area contributed by atoms with E-state index >= 15 is 0 Å². The van der Waals surface area contributed by atoms with E-state index in [-0.39, 0.29) is 12.5 Å². The summed E-state index contributed by atoms with van der Waals surface area (Å²) in [7, 11) is 1.81. The van der Waals surface area contributed by atoms with E-state index < -0.39 is 0 Å². The van der Waals surface area contributed by atoms with Crippen molar-refractivity contribution in [2.45, 2.75) is 13.0 Å². The lowest BCUT2D eigenvalue weighted by Crippen LogP contribution is -2.27. The Labute approximate surface area is 128 Å². The first-order chi connectivity index (χ1) is 10.2. The lowest BCUT2D eigenvalue weighted by molar-refractivity contribution is -0.129. The summed E-state index contributed by atoms with van der Waals surface area (Å²) >= 11 is 1.60. The van der Waals surface area contributed by atoms with Crippen LogP contribution in [0.4, 0.5) is 0 Å². The van der Waals surface area contributed by atoms with Crippen LogP contribution in [-0.4, -0.2) is 29.6 Å². The highest BCUT2D eigenvalue weighted by Crippen LogP contribution is 2.12. The van der Waals surface area contributed by atoms with Crippen molar-refractivity contribution in [3.8, 4) is 11.8 Å². The van der Waals surface area contributed by atoms with Gasteiger partial charge in [-0.15, -0.1) is 11.3 Å². The highest BCUT2D eigenvalue weighted by molar-refractivity contribution is 7.10. The van der Waals surface area contributed by atoms with Crippen molar-refractivity contribution in [1.29, 1.82) is 0 Å². The van der Waals surface area contributed by atoms with E-state index in [2.05, 4.69) is 11.8 Å². The predicted octanol–water partition coefficient (Wildman–Crippen LogP) is 2.29. The number of aliphatic hydroxyl groups is 1. The Morgan fingerprint density at radius 1 is 1.29 bits per heavy atom. The lowest BCUT2D eigenvalue weighted by atomic mass is 10.1. The van der Waals surface area contributed by atoms with Crippen molar-refractivity contribution >= 4 is 17.2 Å². The molecule has 0 unspecified atom stereocenters. The minimum Gasteiger partial charge on any atom is -0.384 e. The van der Waals surface area contributed by atoms with Gasteiger partial charge in [-0.05, 0) is 29.1 Å². The molecule has 1 aromatic heterocycles. The topological polar surface area (TPSA) is 40.5 Å². The number of amides is 1. The van der Waals surface area contributed by atoms with Gasteiger partial charge in [0, 0.05) is 24.0 Å². The van der Waals surface area contributed by atoms with Gasteiger partial charge in [-0.2, -0.15) is 0 Å². The molecule has 0 saturated heterocycles. The number of aliphatic hydroxyl groups excluding tert-OH is 1. The maximum absolute atomic E-state index is 12.1. The summed E-state index contributed by atoms with van der Waals surface area (Å²) in [6.45, 7) is 0.444. The standard InChI is InChI=1S/C17H17NO2S/c1-18(17(20)12-16-5-3-11-21-16)13-15-8-6-14(7-9-15)4-2-10-19/h3,5-9,11,19H,10,12-13H2,1H3. The number of nitrogens with zero attached hydrogens (tertiary/aromatic N) is 1. The van der Waals surface area contributed by atoms with Crippen molar-refractivity contribution in [1.82, 2.24) is 4.90 Å². The van der Waals surface area contributed by atoms with Gasteiger partial charge in [0.15, 0.2) is 0 Å². The Morgan fingerprint density at radius 2 is 2.05 bits per heavy atom. The molecule has 4 heteroatoms. The third-order valence-corrected chi connectivity index (χ3v) is 3.89. The van der Waals surface area contributed by atoms with Crippen molar-refractivity contribution in [3.63, 3.8) is 0 Å². The molecule has 21 heavy (non-hydrogen) atoms. The second kappa shape index (κ2) is 7.63. The van der Waals surface area contributed by atoms with E-state index in [0.29, 0.717) is 13.0 Å². The molecule has 2 rings (SSSR count). The van der Waals surface area contributed by atoms with Crippen molar-refractivity contribution in [3.05, 3.63) is 57.8 Å². The average Bonchev–Trinajstić information content (AvgIpc) is 2.99. The van der Waals surface area contributed by atoms with Crippen LogP contribution in [0.2, 0.25) is 0 Å². The van der Waals surface area contributed by atoms with Gasteiger partial charge in [-0.1, -0.05) is 30.0 Å². The maximum Gasteiger partial charge on any atom is 0.227 e. The number of hydrogen-bond acceptors (Lipinski definition) is 3.